The molecule has 0 radical (unpaired) electrons. The van der Waals surface area contributed by atoms with Gasteiger partial charge in [-0.15, -0.1) is 16.4 Å². The van der Waals surface area contributed by atoms with Gasteiger partial charge in [-0.05, 0) is 30.5 Å². The average Bonchev–Trinajstić information content (AvgIpc) is 3.42. The van der Waals surface area contributed by atoms with Crippen LogP contribution in [0, 0.1) is 18.3 Å². The number of nitrogens with one attached hydrogen (secondary N) is 1. The maximum atomic E-state index is 9.99. The van der Waals surface area contributed by atoms with Crippen LogP contribution in [0.15, 0.2) is 66.0 Å². The Morgan fingerprint density at radius 2 is 2.00 bits per heavy atom. The highest BCUT2D eigenvalue weighted by atomic mass is 32.1. The number of anilines is 1. The van der Waals surface area contributed by atoms with Crippen molar-refractivity contribution < 1.29 is 0 Å². The first kappa shape index (κ1) is 17.4. The largest absolute Gasteiger partial charge is 0.378 e. The lowest BCUT2D eigenvalue weighted by atomic mass is 10.1. The molecular formula is C23H17N5S. The van der Waals surface area contributed by atoms with Crippen LogP contribution in [0.25, 0.3) is 27.9 Å². The number of nitrogens with zero attached hydrogens (tertiary/aromatic N) is 4. The van der Waals surface area contributed by atoms with Crippen molar-refractivity contribution in [2.45, 2.75) is 13.5 Å². The van der Waals surface area contributed by atoms with Gasteiger partial charge in [-0.1, -0.05) is 48.0 Å². The van der Waals surface area contributed by atoms with Gasteiger partial charge in [0.25, 0.3) is 0 Å². The predicted octanol–water partition coefficient (Wildman–Crippen LogP) is 5.40. The Hall–Kier alpha value is -3.69. The number of aryl methyl sites for hydroxylation is 1. The van der Waals surface area contributed by atoms with Gasteiger partial charge < -0.3 is 5.32 Å². The summed E-state index contributed by atoms with van der Waals surface area (Å²) in [5.74, 6) is 0.616. The van der Waals surface area contributed by atoms with E-state index in [9.17, 15) is 5.26 Å². The number of hydrogen-bond acceptors (Lipinski definition) is 5. The number of hydrogen-bond donors (Lipinski definition) is 1. The molecule has 2 aromatic carbocycles. The monoisotopic (exact) mass is 395 g/mol. The van der Waals surface area contributed by atoms with E-state index in [4.69, 9.17) is 10.1 Å². The number of aromatic nitrogens is 3. The number of thiophene rings is 1. The number of pyridine rings is 1. The van der Waals surface area contributed by atoms with E-state index in [-0.39, 0.29) is 0 Å². The summed E-state index contributed by atoms with van der Waals surface area (Å²) < 4.78 is 1.78. The Bertz CT molecular complexity index is 1380. The third-order valence-corrected chi connectivity index (χ3v) is 5.77. The minimum atomic E-state index is 0.506. The Morgan fingerprint density at radius 3 is 2.79 bits per heavy atom. The summed E-state index contributed by atoms with van der Waals surface area (Å²) in [5.41, 5.74) is 4.87. The molecule has 0 saturated carbocycles. The maximum Gasteiger partial charge on any atom is 0.182 e. The second-order valence-corrected chi connectivity index (χ2v) is 7.88. The topological polar surface area (TPSA) is 66.0 Å². The van der Waals surface area contributed by atoms with Crippen LogP contribution in [0.4, 0.5) is 5.69 Å². The van der Waals surface area contributed by atoms with E-state index in [1.54, 1.807) is 15.9 Å². The quantitative estimate of drug-likeness (QED) is 0.442. The first-order valence-corrected chi connectivity index (χ1v) is 10.2. The van der Waals surface area contributed by atoms with Gasteiger partial charge in [0.05, 0.1) is 11.2 Å². The smallest absolute Gasteiger partial charge is 0.182 e. The molecule has 29 heavy (non-hydrogen) atoms. The second kappa shape index (κ2) is 7.04. The molecule has 0 unspecified atom stereocenters. The molecule has 0 atom stereocenters. The molecule has 5 nitrogen and oxygen atoms in total. The van der Waals surface area contributed by atoms with Crippen molar-refractivity contribution in [3.63, 3.8) is 0 Å². The zero-order valence-corrected chi connectivity index (χ0v) is 16.6. The molecule has 1 N–H and O–H groups in total. The number of nitriles is 1. The van der Waals surface area contributed by atoms with Gasteiger partial charge in [0.1, 0.15) is 11.6 Å². The molecule has 0 spiro atoms. The third kappa shape index (κ3) is 3.02. The van der Waals surface area contributed by atoms with Gasteiger partial charge in [0, 0.05) is 22.4 Å². The Labute approximate surface area is 171 Å². The van der Waals surface area contributed by atoms with Crippen molar-refractivity contribution in [3.8, 4) is 17.5 Å². The van der Waals surface area contributed by atoms with Gasteiger partial charge in [-0.25, -0.2) is 9.50 Å². The molecule has 5 rings (SSSR count). The average molecular weight is 395 g/mol. The standard InChI is InChI=1S/C23H17N5S/c1-15-6-4-7-16(12-15)22-26-23-19(13-24)21(25-14-17-8-5-11-29-17)18-9-2-3-10-20(18)28(23)27-22/h2-12,25H,14H2,1H3. The Kier molecular flexibility index (Phi) is 4.23. The van der Waals surface area contributed by atoms with Gasteiger partial charge in [-0.3, -0.25) is 0 Å². The lowest BCUT2D eigenvalue weighted by Crippen LogP contribution is -2.04. The van der Waals surface area contributed by atoms with E-state index < -0.39 is 0 Å². The highest BCUT2D eigenvalue weighted by molar-refractivity contribution is 7.09. The van der Waals surface area contributed by atoms with Crippen LogP contribution in [-0.4, -0.2) is 14.6 Å². The van der Waals surface area contributed by atoms with Crippen molar-refractivity contribution in [2.24, 2.45) is 0 Å². The molecule has 0 amide bonds. The first-order valence-electron chi connectivity index (χ1n) is 9.29. The molecule has 140 valence electrons. The zero-order valence-electron chi connectivity index (χ0n) is 15.8. The molecule has 3 heterocycles. The number of fused-ring (bicyclic) bond motifs is 3. The molecule has 5 aromatic rings. The summed E-state index contributed by atoms with van der Waals surface area (Å²) in [7, 11) is 0. The molecule has 0 aliphatic heterocycles. The lowest BCUT2D eigenvalue weighted by molar-refractivity contribution is 1.01. The van der Waals surface area contributed by atoms with Crippen LogP contribution < -0.4 is 5.32 Å². The Morgan fingerprint density at radius 1 is 1.10 bits per heavy atom. The van der Waals surface area contributed by atoms with Crippen LogP contribution >= 0.6 is 11.3 Å². The summed E-state index contributed by atoms with van der Waals surface area (Å²) >= 11 is 1.69. The second-order valence-electron chi connectivity index (χ2n) is 6.85. The van der Waals surface area contributed by atoms with Gasteiger partial charge >= 0.3 is 0 Å². The zero-order chi connectivity index (χ0) is 19.8. The third-order valence-electron chi connectivity index (χ3n) is 4.89. The summed E-state index contributed by atoms with van der Waals surface area (Å²) in [6.07, 6.45) is 0. The summed E-state index contributed by atoms with van der Waals surface area (Å²) in [6.45, 7) is 2.70. The van der Waals surface area contributed by atoms with E-state index >= 15 is 0 Å². The predicted molar refractivity (Wildman–Crippen MR) is 117 cm³/mol. The maximum absolute atomic E-state index is 9.99. The van der Waals surface area contributed by atoms with E-state index in [1.165, 1.54) is 4.88 Å². The molecular weight excluding hydrogens is 378 g/mol. The van der Waals surface area contributed by atoms with Crippen LogP contribution in [0.2, 0.25) is 0 Å². The van der Waals surface area contributed by atoms with Gasteiger partial charge in [-0.2, -0.15) is 5.26 Å². The molecule has 0 aliphatic rings. The molecule has 3 aromatic heterocycles. The minimum absolute atomic E-state index is 0.506. The highest BCUT2D eigenvalue weighted by Crippen LogP contribution is 2.32. The summed E-state index contributed by atoms with van der Waals surface area (Å²) in [6, 6.07) is 22.5. The van der Waals surface area contributed by atoms with Crippen molar-refractivity contribution >= 4 is 33.6 Å². The SMILES string of the molecule is Cc1cccc(-c2nc3c(C#N)c(NCc4cccs4)c4ccccc4n3n2)c1. The van der Waals surface area contributed by atoms with Gasteiger partial charge in [0.2, 0.25) is 0 Å². The highest BCUT2D eigenvalue weighted by Gasteiger charge is 2.18. The molecule has 0 aliphatic carbocycles. The van der Waals surface area contributed by atoms with E-state index in [2.05, 4.69) is 28.9 Å². The van der Waals surface area contributed by atoms with E-state index in [1.807, 2.05) is 55.5 Å². The van der Waals surface area contributed by atoms with Gasteiger partial charge in [0.15, 0.2) is 11.5 Å². The minimum Gasteiger partial charge on any atom is -0.378 e. The first-order chi connectivity index (χ1) is 14.2. The number of para-hydroxylation sites is 1. The fraction of sp³-hybridized carbons (Fsp3) is 0.0870. The van der Waals surface area contributed by atoms with Crippen LogP contribution in [-0.2, 0) is 6.54 Å². The molecule has 0 fully saturated rings. The molecule has 0 bridgehead atoms. The lowest BCUT2D eigenvalue weighted by Gasteiger charge is -2.12. The van der Waals surface area contributed by atoms with E-state index in [0.29, 0.717) is 23.6 Å². The molecule has 0 saturated heterocycles. The fourth-order valence-electron chi connectivity index (χ4n) is 3.54. The van der Waals surface area contributed by atoms with Crippen molar-refractivity contribution in [1.29, 1.82) is 5.26 Å². The van der Waals surface area contributed by atoms with Crippen molar-refractivity contribution in [2.75, 3.05) is 5.32 Å². The van der Waals surface area contributed by atoms with Crippen LogP contribution in [0.1, 0.15) is 16.0 Å². The van der Waals surface area contributed by atoms with E-state index in [0.717, 1.165) is 27.7 Å². The van der Waals surface area contributed by atoms with Crippen molar-refractivity contribution in [1.82, 2.24) is 14.6 Å². The Balaban J connectivity index is 1.74. The normalized spacial score (nSPS) is 11.0. The molecule has 6 heteroatoms. The number of rotatable bonds is 4. The van der Waals surface area contributed by atoms with Crippen molar-refractivity contribution in [3.05, 3.63) is 82.0 Å². The summed E-state index contributed by atoms with van der Waals surface area (Å²) in [5, 5.41) is 21.2. The number of benzene rings is 2. The van der Waals surface area contributed by atoms with Crippen LogP contribution in [0.5, 0.6) is 0 Å². The fourth-order valence-corrected chi connectivity index (χ4v) is 4.19. The van der Waals surface area contributed by atoms with Crippen LogP contribution in [0.3, 0.4) is 0 Å². The summed E-state index contributed by atoms with van der Waals surface area (Å²) in [4.78, 5) is 5.95.